The molecule has 24 heavy (non-hydrogen) atoms. The van der Waals surface area contributed by atoms with Crippen molar-refractivity contribution in [1.29, 1.82) is 0 Å². The van der Waals surface area contributed by atoms with Crippen LogP contribution in [0.3, 0.4) is 0 Å². The fourth-order valence-electron chi connectivity index (χ4n) is 2.42. The molecular formula is C17H22N2O3SW. The summed E-state index contributed by atoms with van der Waals surface area (Å²) in [6.45, 7) is 5.91. The van der Waals surface area contributed by atoms with Gasteiger partial charge in [-0.1, -0.05) is 46.4 Å². The molecule has 1 aromatic carbocycles. The Labute approximate surface area is 163 Å². The zero-order valence-corrected chi connectivity index (χ0v) is 17.9. The van der Waals surface area contributed by atoms with Gasteiger partial charge in [0.15, 0.2) is 0 Å². The number of rotatable bonds is 4. The fourth-order valence-corrected chi connectivity index (χ4v) is 2.71. The average molecular weight is 518 g/mol. The van der Waals surface area contributed by atoms with Crippen molar-refractivity contribution in [2.75, 3.05) is 0 Å². The molecule has 7 heteroatoms. The molecule has 1 fully saturated rings. The monoisotopic (exact) mass is 518 g/mol. The number of imide groups is 1. The standard InChI is InChI=1S/C15H17N2O3S.C2H6.W/c1-2-9-15(10-8-12(18)17(21)14(15)20)16-13(19)11-6-4-3-5-7-11;1-2;/h3-6,21H,2,8-10H2,1H3,(H,16,19);1-2H3;/q-1;;+2/p-1. The Hall–Kier alpha value is -1.13. The number of hydrogen-bond donors (Lipinski definition) is 1. The summed E-state index contributed by atoms with van der Waals surface area (Å²) in [5.41, 5.74) is -0.881. The number of carbonyl (C=O) groups excluding carboxylic acids is 3. The first kappa shape index (κ1) is 22.9. The molecule has 0 saturated carbocycles. The molecule has 0 radical (unpaired) electrons. The largest absolute Gasteiger partial charge is 2.00 e. The van der Waals surface area contributed by atoms with Gasteiger partial charge in [0, 0.05) is 6.42 Å². The van der Waals surface area contributed by atoms with E-state index in [0.717, 1.165) is 4.31 Å². The molecule has 0 aliphatic carbocycles. The van der Waals surface area contributed by atoms with Crippen LogP contribution < -0.4 is 0 Å². The smallest absolute Gasteiger partial charge is 0.681 e. The molecule has 0 spiro atoms. The molecule has 1 unspecified atom stereocenters. The molecule has 1 heterocycles. The van der Waals surface area contributed by atoms with Crippen LogP contribution in [-0.2, 0) is 30.7 Å². The number of piperidine rings is 1. The Morgan fingerprint density at radius 3 is 2.58 bits per heavy atom. The number of hydrogen-bond acceptors (Lipinski definition) is 4. The van der Waals surface area contributed by atoms with Crippen LogP contribution in [0, 0.1) is 6.07 Å². The van der Waals surface area contributed by atoms with Crippen molar-refractivity contribution in [2.24, 2.45) is 0 Å². The second-order valence-corrected chi connectivity index (χ2v) is 5.39. The SMILES string of the molecule is CC.CCCC1([N-]C(=O)c2[c-]cccc2)CCC(=O)N(S)C1=O.[W+2]. The van der Waals surface area contributed by atoms with Gasteiger partial charge in [-0.2, -0.15) is 0 Å². The zero-order chi connectivity index (χ0) is 17.5. The molecule has 1 aliphatic heterocycles. The van der Waals surface area contributed by atoms with Gasteiger partial charge in [-0.15, -0.1) is 35.9 Å². The molecule has 5 nitrogen and oxygen atoms in total. The predicted molar refractivity (Wildman–Crippen MR) is 92.0 cm³/mol. The fraction of sp³-hybridized carbons (Fsp3) is 0.471. The molecule has 1 aliphatic rings. The molecule has 0 bridgehead atoms. The first-order chi connectivity index (χ1) is 11.0. The van der Waals surface area contributed by atoms with E-state index in [4.69, 9.17) is 0 Å². The number of benzene rings is 1. The Morgan fingerprint density at radius 2 is 2.04 bits per heavy atom. The first-order valence-electron chi connectivity index (χ1n) is 7.80. The maximum absolute atomic E-state index is 12.4. The quantitative estimate of drug-likeness (QED) is 0.377. The Morgan fingerprint density at radius 1 is 1.38 bits per heavy atom. The van der Waals surface area contributed by atoms with Crippen LogP contribution in [0.15, 0.2) is 24.3 Å². The Kier molecular flexibility index (Phi) is 10.2. The predicted octanol–water partition coefficient (Wildman–Crippen LogP) is 3.56. The molecule has 0 aromatic heterocycles. The summed E-state index contributed by atoms with van der Waals surface area (Å²) >= 11 is 3.92. The van der Waals surface area contributed by atoms with Gasteiger partial charge in [0.25, 0.3) is 0 Å². The summed E-state index contributed by atoms with van der Waals surface area (Å²) in [7, 11) is 0. The number of nitrogens with zero attached hydrogens (tertiary/aromatic N) is 2. The topological polar surface area (TPSA) is 68.6 Å². The van der Waals surface area contributed by atoms with Crippen LogP contribution in [-0.4, -0.2) is 27.6 Å². The van der Waals surface area contributed by atoms with Crippen LogP contribution >= 0.6 is 12.8 Å². The molecule has 2 rings (SSSR count). The van der Waals surface area contributed by atoms with E-state index >= 15 is 0 Å². The van der Waals surface area contributed by atoms with E-state index in [1.54, 1.807) is 24.3 Å². The normalized spacial score (nSPS) is 19.8. The maximum atomic E-state index is 12.4. The Bertz CT molecular complexity index is 568. The third-order valence-electron chi connectivity index (χ3n) is 3.50. The third-order valence-corrected chi connectivity index (χ3v) is 3.90. The Balaban J connectivity index is 0.00000170. The van der Waals surface area contributed by atoms with Gasteiger partial charge in [0.05, 0.1) is 0 Å². The maximum Gasteiger partial charge on any atom is 2.00 e. The summed E-state index contributed by atoms with van der Waals surface area (Å²) < 4.78 is 0.782. The van der Waals surface area contributed by atoms with Crippen molar-refractivity contribution in [2.45, 2.75) is 52.0 Å². The first-order valence-corrected chi connectivity index (χ1v) is 8.20. The second kappa shape index (κ2) is 10.7. The molecule has 1 saturated heterocycles. The number of carbonyl (C=O) groups is 3. The van der Waals surface area contributed by atoms with E-state index in [0.29, 0.717) is 18.4 Å². The van der Waals surface area contributed by atoms with Crippen LogP contribution in [0.5, 0.6) is 0 Å². The van der Waals surface area contributed by atoms with Gasteiger partial charge in [-0.25, -0.2) is 4.31 Å². The van der Waals surface area contributed by atoms with Crippen LogP contribution in [0.25, 0.3) is 5.32 Å². The third kappa shape index (κ3) is 5.18. The van der Waals surface area contributed by atoms with Crippen molar-refractivity contribution >= 4 is 30.5 Å². The number of amides is 3. The van der Waals surface area contributed by atoms with E-state index in [2.05, 4.69) is 24.2 Å². The minimum absolute atomic E-state index is 0. The summed E-state index contributed by atoms with van der Waals surface area (Å²) in [5, 5.41) is 4.13. The molecule has 130 valence electrons. The van der Waals surface area contributed by atoms with Crippen molar-refractivity contribution in [3.8, 4) is 0 Å². The van der Waals surface area contributed by atoms with Crippen molar-refractivity contribution < 1.29 is 35.4 Å². The molecule has 0 N–H and O–H groups in total. The van der Waals surface area contributed by atoms with Crippen molar-refractivity contribution in [3.63, 3.8) is 0 Å². The summed E-state index contributed by atoms with van der Waals surface area (Å²) in [6.07, 6.45) is 1.49. The summed E-state index contributed by atoms with van der Waals surface area (Å²) in [5.74, 6) is -1.37. The molecule has 3 amide bonds. The molecular weight excluding hydrogens is 496 g/mol. The van der Waals surface area contributed by atoms with E-state index in [1.165, 1.54) is 0 Å². The van der Waals surface area contributed by atoms with Crippen molar-refractivity contribution in [3.05, 3.63) is 41.2 Å². The van der Waals surface area contributed by atoms with Crippen LogP contribution in [0.1, 0.15) is 56.8 Å². The van der Waals surface area contributed by atoms with Crippen LogP contribution in [0.2, 0.25) is 0 Å². The van der Waals surface area contributed by atoms with Gasteiger partial charge in [-0.3, -0.25) is 9.59 Å². The van der Waals surface area contributed by atoms with Crippen LogP contribution in [0.4, 0.5) is 0 Å². The summed E-state index contributed by atoms with van der Waals surface area (Å²) in [4.78, 5) is 36.2. The average Bonchev–Trinajstić information content (AvgIpc) is 2.59. The summed E-state index contributed by atoms with van der Waals surface area (Å²) in [6, 6.07) is 9.47. The van der Waals surface area contributed by atoms with Gasteiger partial charge in [0.1, 0.15) is 0 Å². The van der Waals surface area contributed by atoms with Crippen molar-refractivity contribution in [1.82, 2.24) is 4.31 Å². The number of thiol groups is 1. The van der Waals surface area contributed by atoms with Gasteiger partial charge in [0.2, 0.25) is 11.8 Å². The molecule has 1 atom stereocenters. The minimum atomic E-state index is -1.19. The molecule has 1 aromatic rings. The van der Waals surface area contributed by atoms with Gasteiger partial charge >= 0.3 is 21.1 Å². The van der Waals surface area contributed by atoms with E-state index < -0.39 is 17.4 Å². The van der Waals surface area contributed by atoms with E-state index in [9.17, 15) is 14.4 Å². The minimum Gasteiger partial charge on any atom is -0.681 e. The van der Waals surface area contributed by atoms with E-state index in [-0.39, 0.29) is 39.8 Å². The van der Waals surface area contributed by atoms with E-state index in [1.807, 2.05) is 20.8 Å². The van der Waals surface area contributed by atoms with Gasteiger partial charge < -0.3 is 10.1 Å². The second-order valence-electron chi connectivity index (χ2n) is 4.99. The van der Waals surface area contributed by atoms with Gasteiger partial charge in [-0.05, 0) is 17.9 Å². The zero-order valence-electron chi connectivity index (χ0n) is 14.1.